The van der Waals surface area contributed by atoms with Crippen molar-refractivity contribution in [2.24, 2.45) is 5.92 Å². The monoisotopic (exact) mass is 370 g/mol. The largest absolute Gasteiger partial charge is 0.486 e. The van der Waals surface area contributed by atoms with Crippen LogP contribution in [-0.4, -0.2) is 36.2 Å². The summed E-state index contributed by atoms with van der Waals surface area (Å²) in [5.74, 6) is 1.55. The van der Waals surface area contributed by atoms with E-state index in [4.69, 9.17) is 9.47 Å². The Bertz CT molecular complexity index is 819. The molecule has 1 saturated heterocycles. The second-order valence-electron chi connectivity index (χ2n) is 7.81. The van der Waals surface area contributed by atoms with Gasteiger partial charge in [-0.25, -0.2) is 4.39 Å². The van der Waals surface area contributed by atoms with Crippen LogP contribution in [-0.2, 0) is 6.42 Å². The van der Waals surface area contributed by atoms with E-state index in [2.05, 4.69) is 28.9 Å². The molecule has 0 radical (unpaired) electrons. The topological polar surface area (TPSA) is 34.6 Å². The standard InChI is InChI=1S/C22H27FN2O2/c1-14-8-18(9-15(2)24-14)10-17-4-5-25(13-17)16(3)19-11-21-22(12-20(19)23)27-7-6-26-21/h8-9,11-12,16-17H,4-7,10,13H2,1-3H3/t16-,17+/m1/s1. The summed E-state index contributed by atoms with van der Waals surface area (Å²) in [6, 6.07) is 7.67. The van der Waals surface area contributed by atoms with Crippen LogP contribution in [0.3, 0.4) is 0 Å². The van der Waals surface area contributed by atoms with E-state index in [9.17, 15) is 4.39 Å². The van der Waals surface area contributed by atoms with Crippen molar-refractivity contribution in [3.63, 3.8) is 0 Å². The highest BCUT2D eigenvalue weighted by molar-refractivity contribution is 5.45. The molecule has 4 rings (SSSR count). The summed E-state index contributed by atoms with van der Waals surface area (Å²) >= 11 is 0. The summed E-state index contributed by atoms with van der Waals surface area (Å²) < 4.78 is 25.8. The van der Waals surface area contributed by atoms with E-state index in [1.54, 1.807) is 0 Å². The molecule has 0 amide bonds. The van der Waals surface area contributed by atoms with Gasteiger partial charge in [-0.2, -0.15) is 0 Å². The van der Waals surface area contributed by atoms with Crippen LogP contribution in [0.1, 0.15) is 41.9 Å². The molecule has 2 aliphatic rings. The molecule has 0 aliphatic carbocycles. The number of hydrogen-bond donors (Lipinski definition) is 0. The van der Waals surface area contributed by atoms with Crippen molar-refractivity contribution in [1.29, 1.82) is 0 Å². The third kappa shape index (κ3) is 3.93. The summed E-state index contributed by atoms with van der Waals surface area (Å²) in [4.78, 5) is 6.84. The molecular formula is C22H27FN2O2. The minimum absolute atomic E-state index is 0.0201. The molecule has 144 valence electrons. The van der Waals surface area contributed by atoms with E-state index < -0.39 is 0 Å². The molecular weight excluding hydrogens is 343 g/mol. The van der Waals surface area contributed by atoms with Gasteiger partial charge in [0.2, 0.25) is 0 Å². The first-order valence-electron chi connectivity index (χ1n) is 9.77. The van der Waals surface area contributed by atoms with E-state index in [0.717, 1.165) is 37.3 Å². The van der Waals surface area contributed by atoms with Crippen LogP contribution < -0.4 is 9.47 Å². The molecule has 1 aromatic carbocycles. The number of nitrogens with zero attached hydrogens (tertiary/aromatic N) is 2. The number of pyridine rings is 1. The normalized spacial score (nSPS) is 20.7. The van der Waals surface area contributed by atoms with Crippen molar-refractivity contribution in [3.8, 4) is 11.5 Å². The molecule has 0 spiro atoms. The van der Waals surface area contributed by atoms with Gasteiger partial charge in [-0.3, -0.25) is 9.88 Å². The SMILES string of the molecule is Cc1cc(C[C@@H]2CCN([C@H](C)c3cc4c(cc3F)OCCO4)C2)cc(C)n1. The number of rotatable bonds is 4. The van der Waals surface area contributed by atoms with Crippen LogP contribution in [0, 0.1) is 25.6 Å². The van der Waals surface area contributed by atoms with Crippen LogP contribution >= 0.6 is 0 Å². The number of ether oxygens (including phenoxy) is 2. The highest BCUT2D eigenvalue weighted by atomic mass is 19.1. The highest BCUT2D eigenvalue weighted by Crippen LogP contribution is 2.37. The predicted molar refractivity (Wildman–Crippen MR) is 103 cm³/mol. The Morgan fingerprint density at radius 3 is 2.48 bits per heavy atom. The number of likely N-dealkylation sites (tertiary alicyclic amines) is 1. The summed E-state index contributed by atoms with van der Waals surface area (Å²) in [5.41, 5.74) is 4.19. The average Bonchev–Trinajstić information content (AvgIpc) is 3.08. The lowest BCUT2D eigenvalue weighted by Gasteiger charge is -2.27. The summed E-state index contributed by atoms with van der Waals surface area (Å²) in [6.07, 6.45) is 2.19. The maximum absolute atomic E-state index is 14.6. The highest BCUT2D eigenvalue weighted by Gasteiger charge is 2.29. The van der Waals surface area contributed by atoms with Gasteiger partial charge in [0, 0.05) is 35.6 Å². The lowest BCUT2D eigenvalue weighted by atomic mass is 9.98. The Hall–Kier alpha value is -2.14. The van der Waals surface area contributed by atoms with Gasteiger partial charge in [-0.15, -0.1) is 0 Å². The molecule has 4 nitrogen and oxygen atoms in total. The predicted octanol–water partition coefficient (Wildman–Crippen LogP) is 4.23. The summed E-state index contributed by atoms with van der Waals surface area (Å²) in [7, 11) is 0. The van der Waals surface area contributed by atoms with E-state index in [1.807, 2.05) is 19.9 Å². The van der Waals surface area contributed by atoms with Crippen molar-refractivity contribution in [1.82, 2.24) is 9.88 Å². The fourth-order valence-corrected chi connectivity index (χ4v) is 4.35. The second kappa shape index (κ2) is 7.47. The second-order valence-corrected chi connectivity index (χ2v) is 7.81. The molecule has 0 saturated carbocycles. The molecule has 1 aromatic heterocycles. The Kier molecular flexibility index (Phi) is 5.04. The Morgan fingerprint density at radius 2 is 1.78 bits per heavy atom. The third-order valence-electron chi connectivity index (χ3n) is 5.64. The first-order chi connectivity index (χ1) is 13.0. The van der Waals surface area contributed by atoms with Crippen molar-refractivity contribution in [3.05, 3.63) is 52.6 Å². The van der Waals surface area contributed by atoms with Crippen molar-refractivity contribution in [2.75, 3.05) is 26.3 Å². The quantitative estimate of drug-likeness (QED) is 0.807. The first kappa shape index (κ1) is 18.2. The Balaban J connectivity index is 1.45. The van der Waals surface area contributed by atoms with E-state index in [0.29, 0.717) is 36.2 Å². The number of benzene rings is 1. The van der Waals surface area contributed by atoms with Crippen molar-refractivity contribution >= 4 is 0 Å². The summed E-state index contributed by atoms with van der Waals surface area (Å²) in [5, 5.41) is 0. The van der Waals surface area contributed by atoms with Gasteiger partial charge in [0.15, 0.2) is 11.5 Å². The molecule has 27 heavy (non-hydrogen) atoms. The number of fused-ring (bicyclic) bond motifs is 1. The zero-order chi connectivity index (χ0) is 19.0. The fourth-order valence-electron chi connectivity index (χ4n) is 4.35. The van der Waals surface area contributed by atoms with Crippen molar-refractivity contribution in [2.45, 2.75) is 39.7 Å². The van der Waals surface area contributed by atoms with Crippen LogP contribution in [0.4, 0.5) is 4.39 Å². The molecule has 0 N–H and O–H groups in total. The number of hydrogen-bond acceptors (Lipinski definition) is 4. The van der Waals surface area contributed by atoms with Crippen LogP contribution in [0.2, 0.25) is 0 Å². The van der Waals surface area contributed by atoms with Gasteiger partial charge in [0.25, 0.3) is 0 Å². The number of aryl methyl sites for hydroxylation is 2. The van der Waals surface area contributed by atoms with Gasteiger partial charge in [0.1, 0.15) is 19.0 Å². The maximum atomic E-state index is 14.6. The molecule has 2 aliphatic heterocycles. The van der Waals surface area contributed by atoms with Crippen LogP contribution in [0.25, 0.3) is 0 Å². The molecule has 2 atom stereocenters. The lowest BCUT2D eigenvalue weighted by Crippen LogP contribution is -2.26. The van der Waals surface area contributed by atoms with Gasteiger partial charge in [-0.1, -0.05) is 0 Å². The lowest BCUT2D eigenvalue weighted by molar-refractivity contribution is 0.169. The maximum Gasteiger partial charge on any atom is 0.164 e. The van der Waals surface area contributed by atoms with Crippen LogP contribution in [0.5, 0.6) is 11.5 Å². The molecule has 1 fully saturated rings. The van der Waals surface area contributed by atoms with Crippen molar-refractivity contribution < 1.29 is 13.9 Å². The zero-order valence-corrected chi connectivity index (χ0v) is 16.3. The van der Waals surface area contributed by atoms with Crippen LogP contribution in [0.15, 0.2) is 24.3 Å². The Morgan fingerprint density at radius 1 is 1.11 bits per heavy atom. The van der Waals surface area contributed by atoms with E-state index >= 15 is 0 Å². The number of aromatic nitrogens is 1. The smallest absolute Gasteiger partial charge is 0.164 e. The third-order valence-corrected chi connectivity index (χ3v) is 5.64. The summed E-state index contributed by atoms with van der Waals surface area (Å²) in [6.45, 7) is 9.14. The van der Waals surface area contributed by atoms with E-state index in [-0.39, 0.29) is 11.9 Å². The van der Waals surface area contributed by atoms with Gasteiger partial charge >= 0.3 is 0 Å². The number of halogens is 1. The Labute approximate surface area is 160 Å². The average molecular weight is 370 g/mol. The molecule has 2 aromatic rings. The zero-order valence-electron chi connectivity index (χ0n) is 16.3. The van der Waals surface area contributed by atoms with Gasteiger partial charge < -0.3 is 9.47 Å². The van der Waals surface area contributed by atoms with Gasteiger partial charge in [0.05, 0.1) is 0 Å². The fraction of sp³-hybridized carbons (Fsp3) is 0.500. The molecule has 0 bridgehead atoms. The minimum atomic E-state index is -0.212. The molecule has 0 unspecified atom stereocenters. The first-order valence-corrected chi connectivity index (χ1v) is 9.77. The van der Waals surface area contributed by atoms with Gasteiger partial charge in [-0.05, 0) is 69.8 Å². The minimum Gasteiger partial charge on any atom is -0.486 e. The molecule has 3 heterocycles. The van der Waals surface area contributed by atoms with E-state index in [1.165, 1.54) is 11.6 Å². The molecule has 5 heteroatoms.